The van der Waals surface area contributed by atoms with E-state index in [1.165, 1.54) is 12.3 Å². The summed E-state index contributed by atoms with van der Waals surface area (Å²) in [6, 6.07) is 3.27. The summed E-state index contributed by atoms with van der Waals surface area (Å²) in [6.07, 6.45) is 4.28. The first kappa shape index (κ1) is 16.5. The van der Waals surface area contributed by atoms with Crippen molar-refractivity contribution in [2.45, 2.75) is 51.7 Å². The quantitative estimate of drug-likeness (QED) is 0.838. The number of pyridine rings is 1. The Morgan fingerprint density at radius 2 is 2.18 bits per heavy atom. The number of nitrogens with one attached hydrogen (secondary N) is 2. The van der Waals surface area contributed by atoms with E-state index in [0.717, 1.165) is 24.9 Å². The summed E-state index contributed by atoms with van der Waals surface area (Å²) < 4.78 is 18.1. The number of ether oxygens (including phenoxy) is 1. The summed E-state index contributed by atoms with van der Waals surface area (Å²) in [4.78, 5) is 15.4. The molecule has 2 N–H and O–H groups in total. The number of hydrogen-bond donors (Lipinski definition) is 2. The van der Waals surface area contributed by atoms with Gasteiger partial charge in [0, 0.05) is 12.6 Å². The number of carbonyl (C=O) groups is 1. The van der Waals surface area contributed by atoms with Crippen molar-refractivity contribution in [1.82, 2.24) is 10.3 Å². The highest BCUT2D eigenvalue weighted by Crippen LogP contribution is 2.28. The highest BCUT2D eigenvalue weighted by atomic mass is 19.1. The molecule has 1 aliphatic carbocycles. The second-order valence-electron chi connectivity index (χ2n) is 6.69. The van der Waals surface area contributed by atoms with Crippen molar-refractivity contribution in [3.8, 4) is 0 Å². The number of nitrogens with zero attached hydrogens (tertiary/aromatic N) is 1. The minimum atomic E-state index is -0.489. The predicted molar refractivity (Wildman–Crippen MR) is 83.2 cm³/mol. The van der Waals surface area contributed by atoms with E-state index in [0.29, 0.717) is 12.5 Å². The summed E-state index contributed by atoms with van der Waals surface area (Å²) in [5, 5.41) is 6.20. The maximum Gasteiger partial charge on any atom is 0.407 e. The number of anilines is 1. The van der Waals surface area contributed by atoms with Crippen LogP contribution in [0.1, 0.15) is 40.0 Å². The third-order valence-corrected chi connectivity index (χ3v) is 3.65. The van der Waals surface area contributed by atoms with Gasteiger partial charge in [-0.25, -0.2) is 9.78 Å². The lowest BCUT2D eigenvalue weighted by Gasteiger charge is -2.24. The number of halogens is 1. The molecule has 1 heterocycles. The van der Waals surface area contributed by atoms with Gasteiger partial charge in [0.15, 0.2) is 0 Å². The van der Waals surface area contributed by atoms with Crippen LogP contribution in [0.5, 0.6) is 0 Å². The van der Waals surface area contributed by atoms with E-state index in [1.807, 2.05) is 20.8 Å². The summed E-state index contributed by atoms with van der Waals surface area (Å²) >= 11 is 0. The first-order valence-electron chi connectivity index (χ1n) is 7.68. The Balaban J connectivity index is 1.83. The fraction of sp³-hybridized carbons (Fsp3) is 0.625. The molecule has 2 atom stereocenters. The number of rotatable bonds is 4. The molecule has 5 nitrogen and oxygen atoms in total. The molecular formula is C16H24FN3O2. The van der Waals surface area contributed by atoms with Crippen molar-refractivity contribution in [3.05, 3.63) is 24.3 Å². The van der Waals surface area contributed by atoms with Gasteiger partial charge in [-0.15, -0.1) is 0 Å². The second-order valence-corrected chi connectivity index (χ2v) is 6.69. The van der Waals surface area contributed by atoms with Crippen molar-refractivity contribution < 1.29 is 13.9 Å². The molecule has 0 bridgehead atoms. The number of carbonyl (C=O) groups excluding carboxylic acids is 1. The molecule has 1 aliphatic rings. The van der Waals surface area contributed by atoms with E-state index in [-0.39, 0.29) is 12.1 Å². The van der Waals surface area contributed by atoms with Crippen LogP contribution in [0.15, 0.2) is 18.3 Å². The maximum absolute atomic E-state index is 12.8. The standard InChI is InChI=1S/C16H24FN3O2/c1-16(2,3)22-15(21)19-9-11-5-4-6-13(11)20-12-7-8-14(17)18-10-12/h7-8,10-11,13,20H,4-6,9H2,1-3H3,(H,19,21). The van der Waals surface area contributed by atoms with E-state index in [9.17, 15) is 9.18 Å². The minimum absolute atomic E-state index is 0.252. The van der Waals surface area contributed by atoms with Crippen molar-refractivity contribution >= 4 is 11.8 Å². The second kappa shape index (κ2) is 6.94. The van der Waals surface area contributed by atoms with Gasteiger partial charge in [0.25, 0.3) is 0 Å². The van der Waals surface area contributed by atoms with Crippen LogP contribution in [0.3, 0.4) is 0 Å². The first-order chi connectivity index (χ1) is 10.3. The van der Waals surface area contributed by atoms with E-state index < -0.39 is 11.5 Å². The van der Waals surface area contributed by atoms with Gasteiger partial charge in [0.1, 0.15) is 5.60 Å². The van der Waals surface area contributed by atoms with Crippen molar-refractivity contribution in [1.29, 1.82) is 0 Å². The third-order valence-electron chi connectivity index (χ3n) is 3.65. The van der Waals surface area contributed by atoms with Crippen LogP contribution in [-0.4, -0.2) is 29.3 Å². The monoisotopic (exact) mass is 309 g/mol. The molecule has 0 radical (unpaired) electrons. The lowest BCUT2D eigenvalue weighted by molar-refractivity contribution is 0.0519. The summed E-state index contributed by atoms with van der Waals surface area (Å²) in [5.41, 5.74) is 0.313. The van der Waals surface area contributed by atoms with Gasteiger partial charge < -0.3 is 15.4 Å². The lowest BCUT2D eigenvalue weighted by Crippen LogP contribution is -2.38. The Morgan fingerprint density at radius 3 is 2.82 bits per heavy atom. The predicted octanol–water partition coefficient (Wildman–Crippen LogP) is 3.33. The normalized spacial score (nSPS) is 21.5. The lowest BCUT2D eigenvalue weighted by atomic mass is 10.0. The Labute approximate surface area is 130 Å². The average Bonchev–Trinajstić information content (AvgIpc) is 2.84. The summed E-state index contributed by atoms with van der Waals surface area (Å²) in [6.45, 7) is 6.09. The van der Waals surface area contributed by atoms with Crippen LogP contribution in [0.4, 0.5) is 14.9 Å². The Morgan fingerprint density at radius 1 is 1.41 bits per heavy atom. The SMILES string of the molecule is CC(C)(C)OC(=O)NCC1CCCC1Nc1ccc(F)nc1. The third kappa shape index (κ3) is 5.16. The van der Waals surface area contributed by atoms with Crippen LogP contribution in [-0.2, 0) is 4.74 Å². The van der Waals surface area contributed by atoms with Gasteiger partial charge in [-0.1, -0.05) is 6.42 Å². The smallest absolute Gasteiger partial charge is 0.407 e. The van der Waals surface area contributed by atoms with Crippen molar-refractivity contribution in [3.63, 3.8) is 0 Å². The summed E-state index contributed by atoms with van der Waals surface area (Å²) in [7, 11) is 0. The highest BCUT2D eigenvalue weighted by Gasteiger charge is 2.28. The zero-order valence-corrected chi connectivity index (χ0v) is 13.4. The van der Waals surface area contributed by atoms with Crippen LogP contribution < -0.4 is 10.6 Å². The van der Waals surface area contributed by atoms with Crippen LogP contribution in [0.25, 0.3) is 0 Å². The molecule has 2 unspecified atom stereocenters. The molecule has 0 aromatic carbocycles. The molecule has 1 saturated carbocycles. The van der Waals surface area contributed by atoms with Crippen LogP contribution in [0.2, 0.25) is 0 Å². The first-order valence-corrected chi connectivity index (χ1v) is 7.68. The number of hydrogen-bond acceptors (Lipinski definition) is 4. The van der Waals surface area contributed by atoms with Crippen molar-refractivity contribution in [2.75, 3.05) is 11.9 Å². The van der Waals surface area contributed by atoms with Crippen LogP contribution in [0, 0.1) is 11.9 Å². The fourth-order valence-corrected chi connectivity index (χ4v) is 2.68. The Kier molecular flexibility index (Phi) is 5.21. The molecule has 0 aliphatic heterocycles. The number of amides is 1. The van der Waals surface area contributed by atoms with E-state index in [2.05, 4.69) is 15.6 Å². The maximum atomic E-state index is 12.8. The molecule has 1 fully saturated rings. The van der Waals surface area contributed by atoms with Gasteiger partial charge in [-0.3, -0.25) is 0 Å². The van der Waals surface area contributed by atoms with Crippen molar-refractivity contribution in [2.24, 2.45) is 5.92 Å². The molecule has 6 heteroatoms. The Bertz CT molecular complexity index is 499. The van der Waals surface area contributed by atoms with Crippen LogP contribution >= 0.6 is 0 Å². The molecule has 122 valence electrons. The molecule has 1 aromatic heterocycles. The number of alkyl carbamates (subject to hydrolysis) is 1. The minimum Gasteiger partial charge on any atom is -0.444 e. The zero-order valence-electron chi connectivity index (χ0n) is 13.4. The molecule has 1 aromatic rings. The molecule has 1 amide bonds. The van der Waals surface area contributed by atoms with E-state index in [4.69, 9.17) is 4.74 Å². The van der Waals surface area contributed by atoms with Gasteiger partial charge in [0.05, 0.1) is 11.9 Å². The fourth-order valence-electron chi connectivity index (χ4n) is 2.68. The Hall–Kier alpha value is -1.85. The topological polar surface area (TPSA) is 63.2 Å². The number of aromatic nitrogens is 1. The molecule has 22 heavy (non-hydrogen) atoms. The highest BCUT2D eigenvalue weighted by molar-refractivity contribution is 5.67. The van der Waals surface area contributed by atoms with Gasteiger partial charge in [0.2, 0.25) is 5.95 Å². The largest absolute Gasteiger partial charge is 0.444 e. The molecule has 2 rings (SSSR count). The zero-order chi connectivity index (χ0) is 16.2. The van der Waals surface area contributed by atoms with Gasteiger partial charge in [-0.2, -0.15) is 4.39 Å². The van der Waals surface area contributed by atoms with Gasteiger partial charge >= 0.3 is 6.09 Å². The molecular weight excluding hydrogens is 285 g/mol. The average molecular weight is 309 g/mol. The molecule has 0 spiro atoms. The van der Waals surface area contributed by atoms with E-state index >= 15 is 0 Å². The van der Waals surface area contributed by atoms with Gasteiger partial charge in [-0.05, 0) is 51.7 Å². The molecule has 0 saturated heterocycles. The van der Waals surface area contributed by atoms with E-state index in [1.54, 1.807) is 6.07 Å². The summed E-state index contributed by atoms with van der Waals surface area (Å²) in [5.74, 6) is -0.155.